The van der Waals surface area contributed by atoms with Crippen LogP contribution < -0.4 is 5.32 Å². The van der Waals surface area contributed by atoms with Crippen molar-refractivity contribution in [3.05, 3.63) is 90.1 Å². The monoisotopic (exact) mass is 330 g/mol. The van der Waals surface area contributed by atoms with E-state index in [0.717, 1.165) is 23.6 Å². The van der Waals surface area contributed by atoms with Crippen LogP contribution in [0.4, 0.5) is 10.5 Å². The standard InChI is InChI=1S/C20H18N4O/c25-20(22-17-9-5-2-6-10-17)23-12-11-19-18(14-23)21-15-24(19)13-16-7-3-1-4-8-16/h1-12,15H,13-14H2,(H,22,25). The number of nitrogens with one attached hydrogen (secondary N) is 1. The SMILES string of the molecule is O=C(Nc1ccccc1)N1C=Cc2c(ncn2Cc2ccccc2)C1. The number of nitrogens with zero attached hydrogens (tertiary/aromatic N) is 3. The van der Waals surface area contributed by atoms with Crippen LogP contribution in [-0.4, -0.2) is 20.5 Å². The first-order chi connectivity index (χ1) is 12.3. The summed E-state index contributed by atoms with van der Waals surface area (Å²) in [6.07, 6.45) is 5.59. The van der Waals surface area contributed by atoms with Gasteiger partial charge in [0.2, 0.25) is 0 Å². The van der Waals surface area contributed by atoms with E-state index in [1.54, 1.807) is 4.90 Å². The minimum absolute atomic E-state index is 0.161. The Hall–Kier alpha value is -3.34. The summed E-state index contributed by atoms with van der Waals surface area (Å²) in [5.41, 5.74) is 3.95. The van der Waals surface area contributed by atoms with E-state index in [2.05, 4.69) is 27.0 Å². The first-order valence-electron chi connectivity index (χ1n) is 8.18. The predicted octanol–water partition coefficient (Wildman–Crippen LogP) is 3.95. The van der Waals surface area contributed by atoms with E-state index in [1.165, 1.54) is 5.56 Å². The number of para-hydroxylation sites is 1. The van der Waals surface area contributed by atoms with E-state index in [4.69, 9.17) is 0 Å². The lowest BCUT2D eigenvalue weighted by Gasteiger charge is -2.22. The van der Waals surface area contributed by atoms with Crippen molar-refractivity contribution >= 4 is 17.8 Å². The summed E-state index contributed by atoms with van der Waals surface area (Å²) in [5, 5.41) is 2.89. The zero-order valence-corrected chi connectivity index (χ0v) is 13.7. The molecule has 0 radical (unpaired) electrons. The van der Waals surface area contributed by atoms with Gasteiger partial charge in [-0.1, -0.05) is 48.5 Å². The quantitative estimate of drug-likeness (QED) is 0.790. The molecular formula is C20H18N4O. The first-order valence-corrected chi connectivity index (χ1v) is 8.18. The maximum absolute atomic E-state index is 12.4. The molecule has 4 rings (SSSR count). The number of amides is 2. The molecule has 25 heavy (non-hydrogen) atoms. The Morgan fingerprint density at radius 3 is 2.52 bits per heavy atom. The number of imidazole rings is 1. The highest BCUT2D eigenvalue weighted by molar-refractivity contribution is 5.90. The Labute approximate surface area is 146 Å². The summed E-state index contributed by atoms with van der Waals surface area (Å²) in [5.74, 6) is 0. The van der Waals surface area contributed by atoms with Gasteiger partial charge < -0.3 is 9.88 Å². The molecule has 0 fully saturated rings. The maximum atomic E-state index is 12.4. The van der Waals surface area contributed by atoms with Crippen LogP contribution >= 0.6 is 0 Å². The maximum Gasteiger partial charge on any atom is 0.326 e. The fraction of sp³-hybridized carbons (Fsp3) is 0.100. The number of hydrogen-bond acceptors (Lipinski definition) is 2. The molecule has 2 amide bonds. The second-order valence-electron chi connectivity index (χ2n) is 5.93. The minimum Gasteiger partial charge on any atom is -0.326 e. The van der Waals surface area contributed by atoms with Crippen molar-refractivity contribution < 1.29 is 4.79 Å². The number of carbonyl (C=O) groups excluding carboxylic acids is 1. The van der Waals surface area contributed by atoms with Gasteiger partial charge in [0.1, 0.15) is 0 Å². The molecule has 1 aromatic heterocycles. The van der Waals surface area contributed by atoms with Crippen molar-refractivity contribution in [2.75, 3.05) is 5.32 Å². The summed E-state index contributed by atoms with van der Waals surface area (Å²) in [6, 6.07) is 19.5. The average molecular weight is 330 g/mol. The van der Waals surface area contributed by atoms with Crippen molar-refractivity contribution in [2.45, 2.75) is 13.1 Å². The first kappa shape index (κ1) is 15.2. The Balaban J connectivity index is 1.47. The van der Waals surface area contributed by atoms with Crippen LogP contribution in [0.5, 0.6) is 0 Å². The molecule has 0 atom stereocenters. The number of rotatable bonds is 3. The van der Waals surface area contributed by atoms with E-state index >= 15 is 0 Å². The third-order valence-electron chi connectivity index (χ3n) is 4.17. The predicted molar refractivity (Wildman–Crippen MR) is 97.8 cm³/mol. The molecule has 1 aliphatic rings. The molecule has 2 heterocycles. The van der Waals surface area contributed by atoms with Gasteiger partial charge in [-0.15, -0.1) is 0 Å². The number of anilines is 1. The van der Waals surface area contributed by atoms with Gasteiger partial charge in [-0.25, -0.2) is 9.78 Å². The fourth-order valence-corrected chi connectivity index (χ4v) is 2.88. The van der Waals surface area contributed by atoms with Crippen molar-refractivity contribution in [2.24, 2.45) is 0 Å². The van der Waals surface area contributed by atoms with Crippen LogP contribution in [-0.2, 0) is 13.1 Å². The van der Waals surface area contributed by atoms with Crippen LogP contribution in [0.15, 0.2) is 73.2 Å². The molecule has 1 N–H and O–H groups in total. The lowest BCUT2D eigenvalue weighted by molar-refractivity contribution is 0.226. The largest absolute Gasteiger partial charge is 0.326 e. The Kier molecular flexibility index (Phi) is 4.04. The molecule has 124 valence electrons. The zero-order valence-electron chi connectivity index (χ0n) is 13.7. The highest BCUT2D eigenvalue weighted by atomic mass is 16.2. The van der Waals surface area contributed by atoms with Crippen molar-refractivity contribution in [3.63, 3.8) is 0 Å². The lowest BCUT2D eigenvalue weighted by Crippen LogP contribution is -2.31. The molecule has 5 heteroatoms. The molecule has 5 nitrogen and oxygen atoms in total. The van der Waals surface area contributed by atoms with Crippen LogP contribution in [0.1, 0.15) is 17.0 Å². The third-order valence-corrected chi connectivity index (χ3v) is 4.17. The van der Waals surface area contributed by atoms with Gasteiger partial charge >= 0.3 is 6.03 Å². The zero-order chi connectivity index (χ0) is 17.1. The molecule has 0 saturated heterocycles. The number of aromatic nitrogens is 2. The normalized spacial score (nSPS) is 12.7. The van der Waals surface area contributed by atoms with E-state index in [-0.39, 0.29) is 6.03 Å². The number of benzene rings is 2. The lowest BCUT2D eigenvalue weighted by atomic mass is 10.2. The van der Waals surface area contributed by atoms with E-state index < -0.39 is 0 Å². The molecule has 0 aliphatic carbocycles. The number of carbonyl (C=O) groups is 1. The Morgan fingerprint density at radius 1 is 1.04 bits per heavy atom. The summed E-state index contributed by atoms with van der Waals surface area (Å²) in [6.45, 7) is 1.23. The molecule has 0 unspecified atom stereocenters. The van der Waals surface area contributed by atoms with E-state index in [1.807, 2.05) is 67.1 Å². The highest BCUT2D eigenvalue weighted by Crippen LogP contribution is 2.20. The molecule has 0 saturated carbocycles. The number of fused-ring (bicyclic) bond motifs is 1. The fourth-order valence-electron chi connectivity index (χ4n) is 2.88. The molecule has 3 aromatic rings. The second kappa shape index (κ2) is 6.65. The topological polar surface area (TPSA) is 50.2 Å². The molecule has 2 aromatic carbocycles. The van der Waals surface area contributed by atoms with E-state index in [0.29, 0.717) is 6.54 Å². The number of urea groups is 1. The second-order valence-corrected chi connectivity index (χ2v) is 5.93. The van der Waals surface area contributed by atoms with Gasteiger partial charge in [-0.05, 0) is 23.8 Å². The smallest absolute Gasteiger partial charge is 0.326 e. The summed E-state index contributed by atoms with van der Waals surface area (Å²) >= 11 is 0. The molecule has 1 aliphatic heterocycles. The van der Waals surface area contributed by atoms with Gasteiger partial charge in [-0.3, -0.25) is 4.90 Å². The number of hydrogen-bond donors (Lipinski definition) is 1. The highest BCUT2D eigenvalue weighted by Gasteiger charge is 2.20. The van der Waals surface area contributed by atoms with Crippen LogP contribution in [0.2, 0.25) is 0 Å². The Morgan fingerprint density at radius 2 is 1.76 bits per heavy atom. The minimum atomic E-state index is -0.161. The van der Waals surface area contributed by atoms with Gasteiger partial charge in [0.15, 0.2) is 0 Å². The Bertz CT molecular complexity index is 900. The summed E-state index contributed by atoms with van der Waals surface area (Å²) in [4.78, 5) is 18.5. The van der Waals surface area contributed by atoms with E-state index in [9.17, 15) is 4.79 Å². The van der Waals surface area contributed by atoms with Crippen molar-refractivity contribution in [3.8, 4) is 0 Å². The molecule has 0 bridgehead atoms. The van der Waals surface area contributed by atoms with Crippen molar-refractivity contribution in [1.29, 1.82) is 0 Å². The van der Waals surface area contributed by atoms with Crippen LogP contribution in [0, 0.1) is 0 Å². The van der Waals surface area contributed by atoms with Crippen LogP contribution in [0.3, 0.4) is 0 Å². The van der Waals surface area contributed by atoms with Gasteiger partial charge in [0.25, 0.3) is 0 Å². The summed E-state index contributed by atoms with van der Waals surface area (Å²) in [7, 11) is 0. The van der Waals surface area contributed by atoms with Gasteiger partial charge in [0.05, 0.1) is 24.3 Å². The molecule has 0 spiro atoms. The summed E-state index contributed by atoms with van der Waals surface area (Å²) < 4.78 is 2.10. The van der Waals surface area contributed by atoms with Crippen LogP contribution in [0.25, 0.3) is 6.08 Å². The van der Waals surface area contributed by atoms with Crippen molar-refractivity contribution in [1.82, 2.24) is 14.5 Å². The van der Waals surface area contributed by atoms with Gasteiger partial charge in [0, 0.05) is 18.4 Å². The average Bonchev–Trinajstić information content (AvgIpc) is 3.05. The van der Waals surface area contributed by atoms with Gasteiger partial charge in [-0.2, -0.15) is 0 Å². The molecular weight excluding hydrogens is 312 g/mol. The third kappa shape index (κ3) is 3.30.